The molecular formula is C11H17N3O4. The maximum absolute atomic E-state index is 11.7. The van der Waals surface area contributed by atoms with E-state index in [4.69, 9.17) is 0 Å². The summed E-state index contributed by atoms with van der Waals surface area (Å²) in [6, 6.07) is -0.942. The molecule has 0 fully saturated rings. The molecule has 0 saturated heterocycles. The molecule has 0 aromatic carbocycles. The first-order valence-corrected chi connectivity index (χ1v) is 5.65. The summed E-state index contributed by atoms with van der Waals surface area (Å²) in [5.41, 5.74) is -1.16. The molecule has 0 saturated carbocycles. The van der Waals surface area contributed by atoms with E-state index in [0.29, 0.717) is 0 Å². The third-order valence-corrected chi connectivity index (χ3v) is 2.51. The summed E-state index contributed by atoms with van der Waals surface area (Å²) in [7, 11) is 2.57. The molecule has 1 N–H and O–H groups in total. The van der Waals surface area contributed by atoms with Gasteiger partial charge in [0.15, 0.2) is 6.04 Å². The van der Waals surface area contributed by atoms with Crippen molar-refractivity contribution in [2.45, 2.75) is 25.8 Å². The summed E-state index contributed by atoms with van der Waals surface area (Å²) in [6.45, 7) is 1.99. The average Bonchev–Trinajstić information content (AvgIpc) is 2.62. The number of hydrogen-bond donors (Lipinski definition) is 1. The van der Waals surface area contributed by atoms with Crippen molar-refractivity contribution >= 4 is 5.97 Å². The third kappa shape index (κ3) is 2.79. The summed E-state index contributed by atoms with van der Waals surface area (Å²) >= 11 is 0. The van der Waals surface area contributed by atoms with Crippen LogP contribution in [-0.4, -0.2) is 27.4 Å². The molecule has 0 spiro atoms. The maximum atomic E-state index is 11.7. The Morgan fingerprint density at radius 1 is 1.50 bits per heavy atom. The fourth-order valence-electron chi connectivity index (χ4n) is 1.45. The van der Waals surface area contributed by atoms with Crippen LogP contribution >= 0.6 is 0 Å². The summed E-state index contributed by atoms with van der Waals surface area (Å²) in [4.78, 5) is 34.7. The number of carbonyl (C=O) groups is 1. The number of hydrogen-bond acceptors (Lipinski definition) is 4. The van der Waals surface area contributed by atoms with Crippen LogP contribution in [0.15, 0.2) is 21.7 Å². The van der Waals surface area contributed by atoms with Gasteiger partial charge in [-0.15, -0.1) is 0 Å². The van der Waals surface area contributed by atoms with Gasteiger partial charge in [0.1, 0.15) is 0 Å². The van der Waals surface area contributed by atoms with Crippen molar-refractivity contribution < 1.29 is 9.53 Å². The number of nitrogens with zero attached hydrogens (tertiary/aromatic N) is 2. The van der Waals surface area contributed by atoms with E-state index < -0.39 is 23.4 Å². The normalized spacial score (nSPS) is 12.8. The third-order valence-electron chi connectivity index (χ3n) is 2.51. The fraction of sp³-hybridized carbons (Fsp3) is 0.545. The van der Waals surface area contributed by atoms with E-state index in [1.54, 1.807) is 12.2 Å². The van der Waals surface area contributed by atoms with Crippen molar-refractivity contribution in [2.24, 2.45) is 7.05 Å². The lowest BCUT2D eigenvalue weighted by Gasteiger charge is -2.10. The van der Waals surface area contributed by atoms with Gasteiger partial charge in [0.05, 0.1) is 7.11 Å². The number of rotatable bonds is 5. The summed E-state index contributed by atoms with van der Waals surface area (Å²) < 4.78 is 6.47. The van der Waals surface area contributed by atoms with E-state index in [1.165, 1.54) is 14.2 Å². The van der Waals surface area contributed by atoms with Crippen LogP contribution in [0, 0.1) is 0 Å². The lowest BCUT2D eigenvalue weighted by molar-refractivity contribution is -0.143. The number of H-pyrrole nitrogens is 1. The van der Waals surface area contributed by atoms with E-state index in [1.807, 2.05) is 6.92 Å². The average molecular weight is 255 g/mol. The molecule has 1 aromatic heterocycles. The number of carbonyl (C=O) groups excluding carboxylic acids is 1. The highest BCUT2D eigenvalue weighted by Crippen LogP contribution is 2.07. The smallest absolute Gasteiger partial charge is 0.347 e. The van der Waals surface area contributed by atoms with Gasteiger partial charge in [-0.05, 0) is 6.42 Å². The number of esters is 1. The molecule has 18 heavy (non-hydrogen) atoms. The summed E-state index contributed by atoms with van der Waals surface area (Å²) in [5, 5.41) is 2.31. The van der Waals surface area contributed by atoms with Crippen molar-refractivity contribution in [1.82, 2.24) is 14.3 Å². The van der Waals surface area contributed by atoms with Crippen molar-refractivity contribution in [3.05, 3.63) is 33.1 Å². The number of methoxy groups -OCH3 is 1. The van der Waals surface area contributed by atoms with Crippen molar-refractivity contribution in [1.29, 1.82) is 0 Å². The fourth-order valence-corrected chi connectivity index (χ4v) is 1.45. The van der Waals surface area contributed by atoms with Crippen LogP contribution in [0.3, 0.4) is 0 Å². The maximum Gasteiger partial charge on any atom is 0.347 e. The Morgan fingerprint density at radius 3 is 2.61 bits per heavy atom. The van der Waals surface area contributed by atoms with Gasteiger partial charge < -0.3 is 4.74 Å². The van der Waals surface area contributed by atoms with Crippen LogP contribution in [0.4, 0.5) is 0 Å². The Hall–Kier alpha value is -2.05. The number of unbranched alkanes of at least 4 members (excludes halogenated alkanes) is 1. The Bertz CT molecular complexity index is 549. The molecule has 0 radical (unpaired) electrons. The van der Waals surface area contributed by atoms with Gasteiger partial charge in [-0.3, -0.25) is 0 Å². The van der Waals surface area contributed by atoms with Crippen molar-refractivity contribution in [2.75, 3.05) is 7.11 Å². The predicted molar refractivity (Wildman–Crippen MR) is 65.4 cm³/mol. The molecule has 1 rings (SSSR count). The van der Waals surface area contributed by atoms with E-state index in [9.17, 15) is 14.4 Å². The van der Waals surface area contributed by atoms with Crippen molar-refractivity contribution in [3.63, 3.8) is 0 Å². The number of allylic oxidation sites excluding steroid dienone is 1. The number of ether oxygens (including phenoxy) is 1. The van der Waals surface area contributed by atoms with Crippen LogP contribution in [-0.2, 0) is 16.6 Å². The molecule has 1 unspecified atom stereocenters. The molecule has 1 aromatic rings. The van der Waals surface area contributed by atoms with Crippen LogP contribution < -0.4 is 11.4 Å². The van der Waals surface area contributed by atoms with Crippen LogP contribution in [0.5, 0.6) is 0 Å². The van der Waals surface area contributed by atoms with Gasteiger partial charge in [-0.1, -0.05) is 25.5 Å². The molecule has 7 heteroatoms. The quantitative estimate of drug-likeness (QED) is 0.590. The SMILES string of the molecule is CCC/C=C/C(C(=O)OC)n1[nH]c(=O)n(C)c1=O. The van der Waals surface area contributed by atoms with Crippen LogP contribution in [0.2, 0.25) is 0 Å². The lowest BCUT2D eigenvalue weighted by atomic mass is 10.2. The number of aromatic amines is 1. The van der Waals surface area contributed by atoms with Gasteiger partial charge in [0, 0.05) is 7.05 Å². The highest BCUT2D eigenvalue weighted by molar-refractivity contribution is 5.76. The molecule has 0 aliphatic carbocycles. The highest BCUT2D eigenvalue weighted by Gasteiger charge is 2.22. The van der Waals surface area contributed by atoms with Crippen LogP contribution in [0.25, 0.3) is 0 Å². The second kappa shape index (κ2) is 6.04. The first kappa shape index (κ1) is 14.0. The number of aromatic nitrogens is 3. The Balaban J connectivity index is 3.18. The first-order valence-electron chi connectivity index (χ1n) is 5.65. The minimum Gasteiger partial charge on any atom is -0.467 e. The van der Waals surface area contributed by atoms with Gasteiger partial charge in [-0.2, -0.15) is 0 Å². The topological polar surface area (TPSA) is 86.1 Å². The monoisotopic (exact) mass is 255 g/mol. The molecule has 0 aliphatic rings. The molecule has 0 bridgehead atoms. The van der Waals surface area contributed by atoms with Crippen LogP contribution in [0.1, 0.15) is 25.8 Å². The van der Waals surface area contributed by atoms with Gasteiger partial charge in [0.25, 0.3) is 0 Å². The van der Waals surface area contributed by atoms with Crippen molar-refractivity contribution in [3.8, 4) is 0 Å². The molecule has 0 aliphatic heterocycles. The molecule has 1 heterocycles. The van der Waals surface area contributed by atoms with E-state index in [2.05, 4.69) is 9.84 Å². The Morgan fingerprint density at radius 2 is 2.17 bits per heavy atom. The Labute approximate surface area is 104 Å². The van der Waals surface area contributed by atoms with Gasteiger partial charge >= 0.3 is 17.3 Å². The summed E-state index contributed by atoms with van der Waals surface area (Å²) in [6.07, 6.45) is 5.02. The summed E-state index contributed by atoms with van der Waals surface area (Å²) in [5.74, 6) is -0.605. The minimum absolute atomic E-state index is 0.571. The first-order chi connectivity index (χ1) is 8.52. The predicted octanol–water partition coefficient (Wildman–Crippen LogP) is -0.0545. The molecule has 1 atom stereocenters. The standard InChI is InChI=1S/C11H17N3O4/c1-4-5-6-7-8(9(15)18-3)14-11(17)13(2)10(16)12-14/h6-8H,4-5H2,1-3H3,(H,12,16)/b7-6+. The second-order valence-corrected chi connectivity index (χ2v) is 3.81. The van der Waals surface area contributed by atoms with Gasteiger partial charge in [-0.25, -0.2) is 28.7 Å². The number of nitrogens with one attached hydrogen (secondary N) is 1. The zero-order valence-electron chi connectivity index (χ0n) is 10.7. The van der Waals surface area contributed by atoms with E-state index in [-0.39, 0.29) is 0 Å². The Kier molecular flexibility index (Phi) is 4.70. The molecule has 7 nitrogen and oxygen atoms in total. The minimum atomic E-state index is -0.942. The molecular weight excluding hydrogens is 238 g/mol. The van der Waals surface area contributed by atoms with E-state index >= 15 is 0 Å². The zero-order chi connectivity index (χ0) is 13.7. The highest BCUT2D eigenvalue weighted by atomic mass is 16.5. The van der Waals surface area contributed by atoms with E-state index in [0.717, 1.165) is 22.1 Å². The molecule has 0 amide bonds. The lowest BCUT2D eigenvalue weighted by Crippen LogP contribution is -2.31. The molecule has 100 valence electrons. The van der Waals surface area contributed by atoms with Gasteiger partial charge in [0.2, 0.25) is 0 Å². The second-order valence-electron chi connectivity index (χ2n) is 3.81. The zero-order valence-corrected chi connectivity index (χ0v) is 10.7. The largest absolute Gasteiger partial charge is 0.467 e.